The van der Waals surface area contributed by atoms with Crippen LogP contribution in [0, 0.1) is 10.1 Å². The third-order valence-corrected chi connectivity index (χ3v) is 2.58. The van der Waals surface area contributed by atoms with Gasteiger partial charge in [-0.3, -0.25) is 14.9 Å². The average molecular weight is 260 g/mol. The molecule has 0 aliphatic heterocycles. The van der Waals surface area contributed by atoms with Crippen LogP contribution in [0.3, 0.4) is 0 Å². The maximum absolute atomic E-state index is 11.9. The molecule has 7 nitrogen and oxygen atoms in total. The highest BCUT2D eigenvalue weighted by Crippen LogP contribution is 2.17. The van der Waals surface area contributed by atoms with E-state index in [0.29, 0.717) is 13.0 Å². The summed E-state index contributed by atoms with van der Waals surface area (Å²) in [5.41, 5.74) is 0.765. The van der Waals surface area contributed by atoms with E-state index in [9.17, 15) is 14.9 Å². The number of imidazole rings is 1. The topological polar surface area (TPSA) is 101 Å². The minimum atomic E-state index is -0.566. The normalized spacial score (nSPS) is 10.1. The van der Waals surface area contributed by atoms with Gasteiger partial charge in [0, 0.05) is 30.9 Å². The molecule has 0 saturated carbocycles. The van der Waals surface area contributed by atoms with Gasteiger partial charge >= 0.3 is 0 Å². The molecule has 0 aliphatic rings. The SMILES string of the molecule is O=C(NCCc1cnc[nH]1)c1ccccc1[N+](=O)[O-]. The van der Waals surface area contributed by atoms with Crippen molar-refractivity contribution in [1.29, 1.82) is 0 Å². The van der Waals surface area contributed by atoms with Crippen LogP contribution in [-0.2, 0) is 6.42 Å². The van der Waals surface area contributed by atoms with Crippen LogP contribution in [0.5, 0.6) is 0 Å². The summed E-state index contributed by atoms with van der Waals surface area (Å²) >= 11 is 0. The standard InChI is InChI=1S/C12H12N4O3/c17-12(14-6-5-9-7-13-8-15-9)10-3-1-2-4-11(10)16(18)19/h1-4,7-8H,5-6H2,(H,13,15)(H,14,17). The second kappa shape index (κ2) is 5.76. The summed E-state index contributed by atoms with van der Waals surface area (Å²) in [4.78, 5) is 28.9. The van der Waals surface area contributed by atoms with Crippen LogP contribution in [0.1, 0.15) is 16.1 Å². The van der Waals surface area contributed by atoms with Crippen molar-refractivity contribution in [3.8, 4) is 0 Å². The molecule has 0 spiro atoms. The van der Waals surface area contributed by atoms with Crippen molar-refractivity contribution in [2.45, 2.75) is 6.42 Å². The molecule has 0 radical (unpaired) electrons. The molecule has 1 aromatic heterocycles. The smallest absolute Gasteiger partial charge is 0.282 e. The van der Waals surface area contributed by atoms with Crippen molar-refractivity contribution in [2.75, 3.05) is 6.54 Å². The molecule has 0 fully saturated rings. The van der Waals surface area contributed by atoms with Gasteiger partial charge in [-0.1, -0.05) is 12.1 Å². The lowest BCUT2D eigenvalue weighted by Gasteiger charge is -2.04. The molecule has 98 valence electrons. The Morgan fingerprint density at radius 2 is 2.21 bits per heavy atom. The van der Waals surface area contributed by atoms with Crippen molar-refractivity contribution in [2.24, 2.45) is 0 Å². The third kappa shape index (κ3) is 3.15. The number of benzene rings is 1. The molecule has 2 aromatic rings. The number of nitro groups is 1. The second-order valence-corrected chi connectivity index (χ2v) is 3.86. The van der Waals surface area contributed by atoms with E-state index in [1.54, 1.807) is 18.6 Å². The fraction of sp³-hybridized carbons (Fsp3) is 0.167. The predicted octanol–water partition coefficient (Wildman–Crippen LogP) is 1.29. The summed E-state index contributed by atoms with van der Waals surface area (Å²) in [5, 5.41) is 13.4. The Bertz CT molecular complexity index is 580. The summed E-state index contributed by atoms with van der Waals surface area (Å²) in [6.07, 6.45) is 3.81. The van der Waals surface area contributed by atoms with E-state index in [4.69, 9.17) is 0 Å². The van der Waals surface area contributed by atoms with Crippen molar-refractivity contribution < 1.29 is 9.72 Å². The molecule has 2 rings (SSSR count). The van der Waals surface area contributed by atoms with Gasteiger partial charge < -0.3 is 10.3 Å². The fourth-order valence-electron chi connectivity index (χ4n) is 1.65. The van der Waals surface area contributed by atoms with Crippen LogP contribution in [0.2, 0.25) is 0 Å². The second-order valence-electron chi connectivity index (χ2n) is 3.86. The number of amides is 1. The first-order valence-electron chi connectivity index (χ1n) is 5.67. The van der Waals surface area contributed by atoms with Gasteiger partial charge in [-0.2, -0.15) is 0 Å². The van der Waals surface area contributed by atoms with Crippen molar-refractivity contribution in [1.82, 2.24) is 15.3 Å². The van der Waals surface area contributed by atoms with Crippen LogP contribution < -0.4 is 5.32 Å². The average Bonchev–Trinajstić information content (AvgIpc) is 2.91. The molecular formula is C12H12N4O3. The number of para-hydroxylation sites is 1. The fourth-order valence-corrected chi connectivity index (χ4v) is 1.65. The number of hydrogen-bond acceptors (Lipinski definition) is 4. The number of H-pyrrole nitrogens is 1. The van der Waals surface area contributed by atoms with Crippen molar-refractivity contribution in [3.05, 3.63) is 58.2 Å². The highest BCUT2D eigenvalue weighted by atomic mass is 16.6. The minimum Gasteiger partial charge on any atom is -0.351 e. The Hall–Kier alpha value is -2.70. The van der Waals surface area contributed by atoms with E-state index in [2.05, 4.69) is 15.3 Å². The van der Waals surface area contributed by atoms with Gasteiger partial charge in [0.1, 0.15) is 5.56 Å². The number of nitro benzene ring substituents is 1. The molecule has 0 aliphatic carbocycles. The minimum absolute atomic E-state index is 0.0668. The van der Waals surface area contributed by atoms with Gasteiger partial charge in [0.05, 0.1) is 11.3 Å². The number of aromatic amines is 1. The van der Waals surface area contributed by atoms with Crippen molar-refractivity contribution in [3.63, 3.8) is 0 Å². The molecule has 0 unspecified atom stereocenters. The van der Waals surface area contributed by atoms with Gasteiger partial charge in [0.25, 0.3) is 11.6 Å². The number of nitrogens with one attached hydrogen (secondary N) is 2. The van der Waals surface area contributed by atoms with Gasteiger partial charge in [0.15, 0.2) is 0 Å². The number of nitrogens with zero attached hydrogens (tertiary/aromatic N) is 2. The molecule has 7 heteroatoms. The maximum Gasteiger partial charge on any atom is 0.282 e. The van der Waals surface area contributed by atoms with Gasteiger partial charge in [-0.05, 0) is 6.07 Å². The largest absolute Gasteiger partial charge is 0.351 e. The lowest BCUT2D eigenvalue weighted by Crippen LogP contribution is -2.26. The lowest BCUT2D eigenvalue weighted by atomic mass is 10.1. The van der Waals surface area contributed by atoms with Crippen LogP contribution in [-0.4, -0.2) is 27.3 Å². The Kier molecular flexibility index (Phi) is 3.87. The van der Waals surface area contributed by atoms with Gasteiger partial charge in [-0.25, -0.2) is 4.98 Å². The van der Waals surface area contributed by atoms with Crippen LogP contribution in [0.25, 0.3) is 0 Å². The Balaban J connectivity index is 1.98. The van der Waals surface area contributed by atoms with E-state index < -0.39 is 10.8 Å². The summed E-state index contributed by atoms with van der Waals surface area (Å²) in [5.74, 6) is -0.452. The summed E-state index contributed by atoms with van der Waals surface area (Å²) in [7, 11) is 0. The Morgan fingerprint density at radius 3 is 2.89 bits per heavy atom. The first kappa shape index (κ1) is 12.7. The highest BCUT2D eigenvalue weighted by Gasteiger charge is 2.18. The first-order chi connectivity index (χ1) is 9.18. The predicted molar refractivity (Wildman–Crippen MR) is 67.7 cm³/mol. The molecule has 2 N–H and O–H groups in total. The number of aromatic nitrogens is 2. The van der Waals surface area contributed by atoms with E-state index >= 15 is 0 Å². The lowest BCUT2D eigenvalue weighted by molar-refractivity contribution is -0.385. The zero-order chi connectivity index (χ0) is 13.7. The monoisotopic (exact) mass is 260 g/mol. The molecule has 1 amide bonds. The zero-order valence-electron chi connectivity index (χ0n) is 10.00. The number of hydrogen-bond donors (Lipinski definition) is 2. The van der Waals surface area contributed by atoms with Gasteiger partial charge in [-0.15, -0.1) is 0 Å². The molecule has 0 atom stereocenters. The summed E-state index contributed by atoms with van der Waals surface area (Å²) in [6, 6.07) is 5.86. The quantitative estimate of drug-likeness (QED) is 0.624. The van der Waals surface area contributed by atoms with Gasteiger partial charge in [0.2, 0.25) is 0 Å². The van der Waals surface area contributed by atoms with E-state index in [1.165, 1.54) is 18.2 Å². The third-order valence-electron chi connectivity index (χ3n) is 2.58. The Labute approximate surface area is 108 Å². The van der Waals surface area contributed by atoms with E-state index in [0.717, 1.165) is 5.69 Å². The Morgan fingerprint density at radius 1 is 1.42 bits per heavy atom. The zero-order valence-corrected chi connectivity index (χ0v) is 10.00. The van der Waals surface area contributed by atoms with E-state index in [-0.39, 0.29) is 11.3 Å². The highest BCUT2D eigenvalue weighted by molar-refractivity contribution is 5.98. The summed E-state index contributed by atoms with van der Waals surface area (Å²) < 4.78 is 0. The molecule has 0 bridgehead atoms. The van der Waals surface area contributed by atoms with Crippen LogP contribution >= 0.6 is 0 Å². The summed E-state index contributed by atoms with van der Waals surface area (Å²) in [6.45, 7) is 0.382. The molecule has 1 heterocycles. The molecule has 1 aromatic carbocycles. The van der Waals surface area contributed by atoms with Crippen LogP contribution in [0.15, 0.2) is 36.8 Å². The van der Waals surface area contributed by atoms with Crippen LogP contribution in [0.4, 0.5) is 5.69 Å². The molecule has 19 heavy (non-hydrogen) atoms. The number of rotatable bonds is 5. The maximum atomic E-state index is 11.9. The first-order valence-corrected chi connectivity index (χ1v) is 5.67. The molecule has 0 saturated heterocycles. The van der Waals surface area contributed by atoms with Crippen molar-refractivity contribution >= 4 is 11.6 Å². The van der Waals surface area contributed by atoms with E-state index in [1.807, 2.05) is 0 Å². The molecular weight excluding hydrogens is 248 g/mol. The number of carbonyl (C=O) groups excluding carboxylic acids is 1. The number of carbonyl (C=O) groups is 1.